The zero-order valence-electron chi connectivity index (χ0n) is 17.5. The summed E-state index contributed by atoms with van der Waals surface area (Å²) in [6.07, 6.45) is 5.39. The largest absolute Gasteiger partial charge is 0.295 e. The molecule has 2 heteroatoms. The van der Waals surface area contributed by atoms with Crippen molar-refractivity contribution in [3.63, 3.8) is 0 Å². The van der Waals surface area contributed by atoms with Gasteiger partial charge in [0, 0.05) is 11.5 Å². The maximum absolute atomic E-state index is 12.7. The number of hydrogen-bond acceptors (Lipinski definition) is 2. The van der Waals surface area contributed by atoms with Crippen molar-refractivity contribution < 1.29 is 4.79 Å². The highest BCUT2D eigenvalue weighted by atomic mass is 16.1. The number of nitriles is 1. The van der Waals surface area contributed by atoms with Crippen LogP contribution < -0.4 is 0 Å². The van der Waals surface area contributed by atoms with E-state index in [-0.39, 0.29) is 11.7 Å². The van der Waals surface area contributed by atoms with Gasteiger partial charge in [0.1, 0.15) is 0 Å². The third-order valence-electron chi connectivity index (χ3n) is 5.47. The van der Waals surface area contributed by atoms with E-state index >= 15 is 0 Å². The van der Waals surface area contributed by atoms with Crippen LogP contribution in [0.1, 0.15) is 70.6 Å². The number of carbonyl (C=O) groups is 1. The van der Waals surface area contributed by atoms with E-state index in [1.807, 2.05) is 39.0 Å². The Balaban J connectivity index is 2.90. The van der Waals surface area contributed by atoms with Gasteiger partial charge in [-0.05, 0) is 89.3 Å². The minimum Gasteiger partial charge on any atom is -0.295 e. The molecule has 0 aromatic heterocycles. The number of hydrogen-bond donors (Lipinski definition) is 0. The molecule has 1 aliphatic carbocycles. The smallest absolute Gasteiger partial charge is 0.156 e. The van der Waals surface area contributed by atoms with Gasteiger partial charge in [-0.2, -0.15) is 5.26 Å². The van der Waals surface area contributed by atoms with Gasteiger partial charge in [0.05, 0.1) is 11.6 Å². The monoisotopic (exact) mass is 359 g/mol. The average Bonchev–Trinajstić information content (AvgIpc) is 2.71. The molecule has 1 atom stereocenters. The molecule has 0 saturated heterocycles. The van der Waals surface area contributed by atoms with E-state index in [0.717, 1.165) is 28.7 Å². The highest BCUT2D eigenvalue weighted by Gasteiger charge is 2.29. The summed E-state index contributed by atoms with van der Waals surface area (Å²) in [6, 6.07) is 8.00. The molecule has 0 fully saturated rings. The van der Waals surface area contributed by atoms with Crippen molar-refractivity contribution in [3.05, 3.63) is 80.5 Å². The van der Waals surface area contributed by atoms with Crippen LogP contribution in [0.25, 0.3) is 0 Å². The van der Waals surface area contributed by atoms with E-state index in [1.54, 1.807) is 6.92 Å². The topological polar surface area (TPSA) is 40.9 Å². The molecule has 0 heterocycles. The molecule has 0 amide bonds. The number of nitrogens with zero attached hydrogens (tertiary/aromatic N) is 1. The second kappa shape index (κ2) is 8.35. The van der Waals surface area contributed by atoms with Gasteiger partial charge in [0.25, 0.3) is 0 Å². The first-order chi connectivity index (χ1) is 12.7. The number of Topliss-reactive ketones (excluding diaryl/α,β-unsaturated/α-hetero) is 1. The molecule has 2 rings (SSSR count). The van der Waals surface area contributed by atoms with E-state index in [9.17, 15) is 10.1 Å². The Kier molecular flexibility index (Phi) is 6.39. The average molecular weight is 360 g/mol. The summed E-state index contributed by atoms with van der Waals surface area (Å²) < 4.78 is 0. The summed E-state index contributed by atoms with van der Waals surface area (Å²) in [5, 5.41) is 9.24. The van der Waals surface area contributed by atoms with Crippen LogP contribution in [0.15, 0.2) is 63.8 Å². The minimum absolute atomic E-state index is 0.0998. The fraction of sp³-hybridized carbons (Fsp3) is 0.360. The summed E-state index contributed by atoms with van der Waals surface area (Å²) in [6.45, 7) is 14.1. The molecule has 0 N–H and O–H groups in total. The van der Waals surface area contributed by atoms with Crippen molar-refractivity contribution in [1.82, 2.24) is 0 Å². The SMILES string of the molecule is CC(=O)C(=C(C)C)[C@H](C1=C(C)C(C)=CCC=C1C)c1ccc(C#N)cc1C. The van der Waals surface area contributed by atoms with Gasteiger partial charge in [0.2, 0.25) is 0 Å². The minimum atomic E-state index is -0.127. The Hall–Kier alpha value is -2.66. The first kappa shape index (κ1) is 20.6. The van der Waals surface area contributed by atoms with Crippen LogP contribution in [0.5, 0.6) is 0 Å². The van der Waals surface area contributed by atoms with Crippen LogP contribution in [-0.4, -0.2) is 5.78 Å². The van der Waals surface area contributed by atoms with Gasteiger partial charge in [-0.25, -0.2) is 0 Å². The fourth-order valence-corrected chi connectivity index (χ4v) is 4.00. The summed E-state index contributed by atoms with van der Waals surface area (Å²) in [5.74, 6) is -0.0271. The summed E-state index contributed by atoms with van der Waals surface area (Å²) in [4.78, 5) is 12.7. The van der Waals surface area contributed by atoms with E-state index in [1.165, 1.54) is 22.3 Å². The van der Waals surface area contributed by atoms with Gasteiger partial charge in [-0.15, -0.1) is 0 Å². The molecule has 1 aromatic carbocycles. The quantitative estimate of drug-likeness (QED) is 0.577. The molecule has 1 aromatic rings. The Morgan fingerprint density at radius 1 is 1.04 bits per heavy atom. The maximum Gasteiger partial charge on any atom is 0.156 e. The van der Waals surface area contributed by atoms with E-state index < -0.39 is 0 Å². The second-order valence-electron chi connectivity index (χ2n) is 7.63. The molecule has 0 unspecified atom stereocenters. The third-order valence-corrected chi connectivity index (χ3v) is 5.47. The van der Waals surface area contributed by atoms with Crippen LogP contribution in [-0.2, 0) is 4.79 Å². The first-order valence-electron chi connectivity index (χ1n) is 9.43. The number of aryl methyl sites for hydroxylation is 1. The molecule has 2 nitrogen and oxygen atoms in total. The molecular weight excluding hydrogens is 330 g/mol. The van der Waals surface area contributed by atoms with Crippen molar-refractivity contribution in [2.24, 2.45) is 0 Å². The molecule has 0 aliphatic heterocycles. The second-order valence-corrected chi connectivity index (χ2v) is 7.63. The van der Waals surface area contributed by atoms with Gasteiger partial charge >= 0.3 is 0 Å². The summed E-state index contributed by atoms with van der Waals surface area (Å²) >= 11 is 0. The predicted molar refractivity (Wildman–Crippen MR) is 113 cm³/mol. The molecular formula is C25H29NO. The molecule has 1 aliphatic rings. The predicted octanol–water partition coefficient (Wildman–Crippen LogP) is 6.49. The van der Waals surface area contributed by atoms with Crippen molar-refractivity contribution in [2.75, 3.05) is 0 Å². The van der Waals surface area contributed by atoms with Gasteiger partial charge < -0.3 is 0 Å². The number of rotatable bonds is 4. The Bertz CT molecular complexity index is 941. The van der Waals surface area contributed by atoms with Gasteiger partial charge in [-0.3, -0.25) is 4.79 Å². The summed E-state index contributed by atoms with van der Waals surface area (Å²) in [7, 11) is 0. The lowest BCUT2D eigenvalue weighted by Crippen LogP contribution is -2.17. The Morgan fingerprint density at radius 2 is 1.67 bits per heavy atom. The Labute approximate surface area is 163 Å². The van der Waals surface area contributed by atoms with Crippen LogP contribution in [0.2, 0.25) is 0 Å². The number of benzene rings is 1. The third kappa shape index (κ3) is 4.19. The standard InChI is InChI=1S/C25H29NO/c1-15(2)23(20(7)27)25(22-12-11-21(14-26)13-18(22)5)24-17(4)10-8-9-16(3)19(24)6/h9-13,25H,8H2,1-7H3/t25-/m1/s1. The molecule has 140 valence electrons. The number of ketones is 1. The molecule has 0 bridgehead atoms. The van der Waals surface area contributed by atoms with Crippen LogP contribution in [0, 0.1) is 18.3 Å². The first-order valence-corrected chi connectivity index (χ1v) is 9.43. The Morgan fingerprint density at radius 3 is 2.19 bits per heavy atom. The van der Waals surface area contributed by atoms with Crippen molar-refractivity contribution in [3.8, 4) is 6.07 Å². The molecule has 0 spiro atoms. The van der Waals surface area contributed by atoms with Gasteiger partial charge in [0.15, 0.2) is 5.78 Å². The van der Waals surface area contributed by atoms with Crippen LogP contribution >= 0.6 is 0 Å². The molecule has 27 heavy (non-hydrogen) atoms. The van der Waals surface area contributed by atoms with Crippen molar-refractivity contribution in [1.29, 1.82) is 5.26 Å². The van der Waals surface area contributed by atoms with Gasteiger partial charge in [-0.1, -0.05) is 34.9 Å². The lowest BCUT2D eigenvalue weighted by atomic mass is 9.74. The highest BCUT2D eigenvalue weighted by Crippen LogP contribution is 2.43. The lowest BCUT2D eigenvalue weighted by Gasteiger charge is -2.28. The number of allylic oxidation sites excluding steroid dienone is 8. The normalized spacial score (nSPS) is 15.3. The lowest BCUT2D eigenvalue weighted by molar-refractivity contribution is -0.113. The van der Waals surface area contributed by atoms with Crippen molar-refractivity contribution >= 4 is 5.78 Å². The van der Waals surface area contributed by atoms with E-state index in [4.69, 9.17) is 0 Å². The van der Waals surface area contributed by atoms with E-state index in [0.29, 0.717) is 5.56 Å². The highest BCUT2D eigenvalue weighted by molar-refractivity contribution is 5.96. The zero-order valence-corrected chi connectivity index (χ0v) is 17.5. The van der Waals surface area contributed by atoms with Crippen LogP contribution in [0.4, 0.5) is 0 Å². The fourth-order valence-electron chi connectivity index (χ4n) is 4.00. The molecule has 0 saturated carbocycles. The summed E-state index contributed by atoms with van der Waals surface area (Å²) in [5.41, 5.74) is 9.58. The maximum atomic E-state index is 12.7. The van der Waals surface area contributed by atoms with Crippen LogP contribution in [0.3, 0.4) is 0 Å². The number of carbonyl (C=O) groups excluding carboxylic acids is 1. The zero-order chi connectivity index (χ0) is 20.3. The van der Waals surface area contributed by atoms with Crippen molar-refractivity contribution in [2.45, 2.75) is 60.8 Å². The van der Waals surface area contributed by atoms with E-state index in [2.05, 4.69) is 39.0 Å². The molecule has 0 radical (unpaired) electrons.